The van der Waals surface area contributed by atoms with Crippen LogP contribution in [0.15, 0.2) is 0 Å². The second-order valence-corrected chi connectivity index (χ2v) is 6.44. The number of carbonyl (C=O) groups is 7. The molecule has 0 aliphatic carbocycles. The molecule has 0 aliphatic rings. The predicted octanol–water partition coefficient (Wildman–Crippen LogP) is 3.85. The molecular weight excluding hydrogens is 500 g/mol. The number of aliphatic carboxylic acids is 6. The van der Waals surface area contributed by atoms with Crippen LogP contribution in [0, 0.1) is 0 Å². The van der Waals surface area contributed by atoms with Crippen LogP contribution >= 0.6 is 0 Å². The van der Waals surface area contributed by atoms with Crippen molar-refractivity contribution in [1.82, 2.24) is 0 Å². The Morgan fingerprint density at radius 3 is 0.892 bits per heavy atom. The van der Waals surface area contributed by atoms with Crippen molar-refractivity contribution in [3.8, 4) is 0 Å². The van der Waals surface area contributed by atoms with Crippen LogP contribution in [0.3, 0.4) is 0 Å². The quantitative estimate of drug-likeness (QED) is 0.187. The van der Waals surface area contributed by atoms with Crippen molar-refractivity contribution in [3.63, 3.8) is 0 Å². The summed E-state index contributed by atoms with van der Waals surface area (Å²) in [6, 6.07) is 0. The maximum atomic E-state index is 10.9. The number of unbranched alkanes of at least 4 members (excludes halogenated alkanes) is 5. The second kappa shape index (κ2) is 45.7. The van der Waals surface area contributed by atoms with Gasteiger partial charge in [-0.15, -0.1) is 0 Å². The zero-order valence-electron chi connectivity index (χ0n) is 23.1. The molecule has 6 N–H and O–H groups in total. The Balaban J connectivity index is -0.0000000627. The zero-order chi connectivity index (χ0) is 31.4. The number of rotatable bonds is 8. The molecule has 0 atom stereocenters. The van der Waals surface area contributed by atoms with Crippen molar-refractivity contribution in [2.24, 2.45) is 0 Å². The Labute approximate surface area is 218 Å². The Hall–Kier alpha value is -3.71. The molecule has 0 saturated carbocycles. The predicted molar refractivity (Wildman–Crippen MR) is 134 cm³/mol. The number of esters is 1. The first-order valence-corrected chi connectivity index (χ1v) is 11.0. The standard InChI is InChI=1S/C11H22O2.6C2H4O2/c1-3-5-6-7-8-9-10-11(12)13-4-2;6*1-2(3)4/h3-10H2,1-2H3;6*1H3,(H,3,4). The van der Waals surface area contributed by atoms with Crippen LogP contribution in [-0.2, 0) is 38.3 Å². The van der Waals surface area contributed by atoms with E-state index in [1.165, 1.54) is 32.1 Å². The van der Waals surface area contributed by atoms with Crippen molar-refractivity contribution in [2.45, 2.75) is 100 Å². The van der Waals surface area contributed by atoms with Gasteiger partial charge < -0.3 is 35.4 Å². The summed E-state index contributed by atoms with van der Waals surface area (Å²) in [5, 5.41) is 44.5. The number of carboxylic acids is 6. The van der Waals surface area contributed by atoms with Crippen molar-refractivity contribution in [3.05, 3.63) is 0 Å². The maximum absolute atomic E-state index is 10.9. The summed E-state index contributed by atoms with van der Waals surface area (Å²) >= 11 is 0. The minimum atomic E-state index is -0.833. The summed E-state index contributed by atoms with van der Waals surface area (Å²) in [6.07, 6.45) is 7.91. The summed E-state index contributed by atoms with van der Waals surface area (Å²) in [6.45, 7) is 11.1. The van der Waals surface area contributed by atoms with Gasteiger partial charge in [0.05, 0.1) is 6.61 Å². The lowest BCUT2D eigenvalue weighted by atomic mass is 10.1. The summed E-state index contributed by atoms with van der Waals surface area (Å²) in [5.41, 5.74) is 0. The smallest absolute Gasteiger partial charge is 0.305 e. The van der Waals surface area contributed by atoms with Crippen molar-refractivity contribution in [1.29, 1.82) is 0 Å². The minimum Gasteiger partial charge on any atom is -0.481 e. The van der Waals surface area contributed by atoms with Gasteiger partial charge in [0.2, 0.25) is 0 Å². The van der Waals surface area contributed by atoms with Gasteiger partial charge in [0, 0.05) is 48.0 Å². The maximum Gasteiger partial charge on any atom is 0.305 e. The number of carbonyl (C=O) groups excluding carboxylic acids is 1. The van der Waals surface area contributed by atoms with Crippen LogP contribution in [0.25, 0.3) is 0 Å². The van der Waals surface area contributed by atoms with E-state index in [1.807, 2.05) is 6.92 Å². The molecular formula is C23H46O14. The van der Waals surface area contributed by atoms with Crippen LogP contribution < -0.4 is 0 Å². The van der Waals surface area contributed by atoms with Gasteiger partial charge >= 0.3 is 5.97 Å². The van der Waals surface area contributed by atoms with Crippen LogP contribution in [0.1, 0.15) is 100 Å². The second-order valence-electron chi connectivity index (χ2n) is 6.44. The summed E-state index contributed by atoms with van der Waals surface area (Å²) in [7, 11) is 0. The Bertz CT molecular complexity index is 469. The first kappa shape index (κ1) is 50.2. The van der Waals surface area contributed by atoms with Crippen LogP contribution in [0.5, 0.6) is 0 Å². The highest BCUT2D eigenvalue weighted by Gasteiger charge is 1.99. The van der Waals surface area contributed by atoms with Crippen molar-refractivity contribution < 1.29 is 68.9 Å². The molecule has 0 rings (SSSR count). The van der Waals surface area contributed by atoms with E-state index in [9.17, 15) is 4.79 Å². The normalized spacial score (nSPS) is 7.57. The third-order valence-corrected chi connectivity index (χ3v) is 2.04. The van der Waals surface area contributed by atoms with Gasteiger partial charge in [-0.2, -0.15) is 0 Å². The Kier molecular flexibility index (Phi) is 62.1. The molecule has 0 aromatic heterocycles. The van der Waals surface area contributed by atoms with Gasteiger partial charge in [-0.05, 0) is 13.3 Å². The monoisotopic (exact) mass is 546 g/mol. The van der Waals surface area contributed by atoms with E-state index in [-0.39, 0.29) is 5.97 Å². The van der Waals surface area contributed by atoms with Crippen LogP contribution in [0.4, 0.5) is 0 Å². The first-order valence-electron chi connectivity index (χ1n) is 11.0. The molecule has 0 heterocycles. The number of ether oxygens (including phenoxy) is 1. The van der Waals surface area contributed by atoms with Gasteiger partial charge in [-0.3, -0.25) is 33.6 Å². The van der Waals surface area contributed by atoms with Gasteiger partial charge in [0.25, 0.3) is 35.8 Å². The number of hydrogen-bond donors (Lipinski definition) is 6. The van der Waals surface area contributed by atoms with E-state index in [4.69, 9.17) is 64.1 Å². The average Bonchev–Trinajstić information content (AvgIpc) is 2.62. The lowest BCUT2D eigenvalue weighted by Gasteiger charge is -2.01. The number of hydrogen-bond acceptors (Lipinski definition) is 8. The molecule has 0 unspecified atom stereocenters. The molecule has 0 amide bonds. The van der Waals surface area contributed by atoms with Gasteiger partial charge in [-0.25, -0.2) is 0 Å². The van der Waals surface area contributed by atoms with E-state index in [2.05, 4.69) is 6.92 Å². The minimum absolute atomic E-state index is 0.0435. The molecule has 0 fully saturated rings. The average molecular weight is 547 g/mol. The molecule has 37 heavy (non-hydrogen) atoms. The fraction of sp³-hybridized carbons (Fsp3) is 0.696. The third kappa shape index (κ3) is 557. The first-order chi connectivity index (χ1) is 16.7. The summed E-state index contributed by atoms with van der Waals surface area (Å²) < 4.78 is 4.83. The van der Waals surface area contributed by atoms with Gasteiger partial charge in [0.15, 0.2) is 0 Å². The molecule has 0 radical (unpaired) electrons. The van der Waals surface area contributed by atoms with E-state index in [1.54, 1.807) is 0 Å². The number of carboxylic acid groups (broad SMARTS) is 6. The Morgan fingerprint density at radius 1 is 0.459 bits per heavy atom. The lowest BCUT2D eigenvalue weighted by molar-refractivity contribution is -0.143. The summed E-state index contributed by atoms with van der Waals surface area (Å²) in [4.78, 5) is 64.9. The highest BCUT2D eigenvalue weighted by molar-refractivity contribution is 5.69. The van der Waals surface area contributed by atoms with E-state index in [0.29, 0.717) is 13.0 Å². The highest BCUT2D eigenvalue weighted by Crippen LogP contribution is 2.07. The molecule has 0 aliphatic heterocycles. The van der Waals surface area contributed by atoms with Crippen molar-refractivity contribution >= 4 is 41.8 Å². The lowest BCUT2D eigenvalue weighted by Crippen LogP contribution is -2.03. The highest BCUT2D eigenvalue weighted by atomic mass is 16.5. The van der Waals surface area contributed by atoms with E-state index >= 15 is 0 Å². The topological polar surface area (TPSA) is 250 Å². The van der Waals surface area contributed by atoms with Gasteiger partial charge in [0.1, 0.15) is 0 Å². The van der Waals surface area contributed by atoms with Crippen LogP contribution in [0.2, 0.25) is 0 Å². The molecule has 222 valence electrons. The fourth-order valence-corrected chi connectivity index (χ4v) is 1.28. The third-order valence-electron chi connectivity index (χ3n) is 2.04. The SMILES string of the molecule is CC(=O)O.CC(=O)O.CC(=O)O.CC(=O)O.CC(=O)O.CC(=O)O.CCCCCCCCC(=O)OCC. The van der Waals surface area contributed by atoms with E-state index < -0.39 is 35.8 Å². The van der Waals surface area contributed by atoms with E-state index in [0.717, 1.165) is 48.0 Å². The molecule has 0 saturated heterocycles. The summed E-state index contributed by atoms with van der Waals surface area (Å²) in [5.74, 6) is -5.04. The molecule has 0 bridgehead atoms. The molecule has 14 heteroatoms. The fourth-order valence-electron chi connectivity index (χ4n) is 1.28. The molecule has 0 aromatic carbocycles. The Morgan fingerprint density at radius 2 is 0.676 bits per heavy atom. The molecule has 14 nitrogen and oxygen atoms in total. The molecule has 0 aromatic rings. The van der Waals surface area contributed by atoms with Crippen molar-refractivity contribution in [2.75, 3.05) is 6.61 Å². The van der Waals surface area contributed by atoms with Gasteiger partial charge in [-0.1, -0.05) is 39.0 Å². The molecule has 0 spiro atoms. The zero-order valence-corrected chi connectivity index (χ0v) is 23.1. The largest absolute Gasteiger partial charge is 0.481 e. The van der Waals surface area contributed by atoms with Crippen LogP contribution in [-0.4, -0.2) is 79.0 Å².